The highest BCUT2D eigenvalue weighted by molar-refractivity contribution is 5.83. The fourth-order valence-corrected chi connectivity index (χ4v) is 2.44. The molecule has 4 nitrogen and oxygen atoms in total. The van der Waals surface area contributed by atoms with Crippen LogP contribution in [0.5, 0.6) is 0 Å². The molecule has 4 heteroatoms. The number of nitrogen functional groups attached to an aromatic ring is 1. The lowest BCUT2D eigenvalue weighted by molar-refractivity contribution is -0.131. The maximum atomic E-state index is 12.0. The molecule has 0 aromatic heterocycles. The fraction of sp³-hybridized carbons (Fsp3) is 0.500. The number of anilines is 1. The molecular weight excluding hydrogens is 226 g/mol. The maximum Gasteiger partial charge on any atom is 0.239 e. The van der Waals surface area contributed by atoms with Gasteiger partial charge in [0.2, 0.25) is 5.91 Å². The summed E-state index contributed by atoms with van der Waals surface area (Å²) in [6.07, 6.45) is 0.929. The van der Waals surface area contributed by atoms with Crippen LogP contribution in [0.15, 0.2) is 24.3 Å². The molecule has 1 amide bonds. The van der Waals surface area contributed by atoms with Crippen LogP contribution >= 0.6 is 0 Å². The van der Waals surface area contributed by atoms with Crippen LogP contribution in [0.1, 0.15) is 18.9 Å². The van der Waals surface area contributed by atoms with Crippen molar-refractivity contribution in [2.24, 2.45) is 0 Å². The molecule has 2 N–H and O–H groups in total. The molecular formula is C14H21N3O. The van der Waals surface area contributed by atoms with Gasteiger partial charge in [0.25, 0.3) is 0 Å². The van der Waals surface area contributed by atoms with Crippen molar-refractivity contribution < 1.29 is 4.79 Å². The van der Waals surface area contributed by atoms with E-state index in [1.165, 1.54) is 5.56 Å². The molecule has 0 radical (unpaired) electrons. The van der Waals surface area contributed by atoms with Crippen LogP contribution in [0.2, 0.25) is 0 Å². The third kappa shape index (κ3) is 2.64. The third-order valence-electron chi connectivity index (χ3n) is 3.61. The molecule has 1 unspecified atom stereocenters. The Hall–Kier alpha value is -1.55. The zero-order chi connectivity index (χ0) is 13.1. The Morgan fingerprint density at radius 1 is 1.39 bits per heavy atom. The summed E-state index contributed by atoms with van der Waals surface area (Å²) in [4.78, 5) is 16.1. The van der Waals surface area contributed by atoms with E-state index in [1.54, 1.807) is 0 Å². The molecule has 1 fully saturated rings. The average Bonchev–Trinajstić information content (AvgIpc) is 2.70. The minimum absolute atomic E-state index is 0.0394. The monoisotopic (exact) mass is 247 g/mol. The average molecular weight is 247 g/mol. The van der Waals surface area contributed by atoms with Gasteiger partial charge in [0.05, 0.1) is 6.04 Å². The van der Waals surface area contributed by atoms with Crippen molar-refractivity contribution in [1.29, 1.82) is 0 Å². The topological polar surface area (TPSA) is 49.6 Å². The molecule has 1 saturated heterocycles. The second kappa shape index (κ2) is 5.40. The molecule has 0 spiro atoms. The molecule has 98 valence electrons. The highest BCUT2D eigenvalue weighted by atomic mass is 16.2. The zero-order valence-corrected chi connectivity index (χ0v) is 11.1. The lowest BCUT2D eigenvalue weighted by atomic mass is 10.1. The standard InChI is InChI=1S/C14H21N3O/c1-3-17(13-8-9-16(2)14(13)18)10-11-4-6-12(15)7-5-11/h4-7,13H,3,8-10,15H2,1-2H3. The Morgan fingerprint density at radius 3 is 2.56 bits per heavy atom. The summed E-state index contributed by atoms with van der Waals surface area (Å²) in [5, 5.41) is 0. The number of hydrogen-bond acceptors (Lipinski definition) is 3. The van der Waals surface area contributed by atoms with E-state index >= 15 is 0 Å². The van der Waals surface area contributed by atoms with Crippen molar-refractivity contribution in [3.05, 3.63) is 29.8 Å². The molecule has 1 aliphatic heterocycles. The van der Waals surface area contributed by atoms with Gasteiger partial charge in [0.1, 0.15) is 0 Å². The number of hydrogen-bond donors (Lipinski definition) is 1. The van der Waals surface area contributed by atoms with Crippen molar-refractivity contribution >= 4 is 11.6 Å². The van der Waals surface area contributed by atoms with Gasteiger partial charge in [0, 0.05) is 25.8 Å². The van der Waals surface area contributed by atoms with Gasteiger partial charge < -0.3 is 10.6 Å². The first kappa shape index (κ1) is 12.9. The summed E-state index contributed by atoms with van der Waals surface area (Å²) in [6.45, 7) is 4.65. The van der Waals surface area contributed by atoms with Gasteiger partial charge >= 0.3 is 0 Å². The number of benzene rings is 1. The van der Waals surface area contributed by atoms with E-state index < -0.39 is 0 Å². The number of likely N-dealkylation sites (tertiary alicyclic amines) is 1. The molecule has 0 aliphatic carbocycles. The van der Waals surface area contributed by atoms with E-state index in [0.29, 0.717) is 0 Å². The Balaban J connectivity index is 2.05. The van der Waals surface area contributed by atoms with E-state index in [-0.39, 0.29) is 11.9 Å². The third-order valence-corrected chi connectivity index (χ3v) is 3.61. The fourth-order valence-electron chi connectivity index (χ4n) is 2.44. The second-order valence-electron chi connectivity index (χ2n) is 4.87. The van der Waals surface area contributed by atoms with Gasteiger partial charge in [-0.05, 0) is 30.7 Å². The summed E-state index contributed by atoms with van der Waals surface area (Å²) in [5.41, 5.74) is 7.66. The van der Waals surface area contributed by atoms with Gasteiger partial charge in [-0.3, -0.25) is 9.69 Å². The summed E-state index contributed by atoms with van der Waals surface area (Å²) in [5.74, 6) is 0.243. The van der Waals surface area contributed by atoms with E-state index in [9.17, 15) is 4.79 Å². The predicted octanol–water partition coefficient (Wildman–Crippen LogP) is 1.32. The minimum atomic E-state index is 0.0394. The first-order valence-corrected chi connectivity index (χ1v) is 6.45. The highest BCUT2D eigenvalue weighted by Crippen LogP contribution is 2.18. The van der Waals surface area contributed by atoms with Crippen LogP contribution in [0.3, 0.4) is 0 Å². The molecule has 18 heavy (non-hydrogen) atoms. The first-order valence-electron chi connectivity index (χ1n) is 6.45. The van der Waals surface area contributed by atoms with E-state index in [1.807, 2.05) is 36.2 Å². The van der Waals surface area contributed by atoms with Crippen LogP contribution < -0.4 is 5.73 Å². The summed E-state index contributed by atoms with van der Waals surface area (Å²) >= 11 is 0. The van der Waals surface area contributed by atoms with Crippen LogP contribution in [0, 0.1) is 0 Å². The van der Waals surface area contributed by atoms with Crippen LogP contribution in [0.4, 0.5) is 5.69 Å². The Bertz CT molecular complexity index is 416. The number of carbonyl (C=O) groups is 1. The lowest BCUT2D eigenvalue weighted by Crippen LogP contribution is -2.40. The molecule has 1 aliphatic rings. The van der Waals surface area contributed by atoms with Crippen LogP contribution in [0.25, 0.3) is 0 Å². The minimum Gasteiger partial charge on any atom is -0.399 e. The lowest BCUT2D eigenvalue weighted by Gasteiger charge is -2.26. The molecule has 0 bridgehead atoms. The summed E-state index contributed by atoms with van der Waals surface area (Å²) in [6, 6.07) is 7.91. The van der Waals surface area contributed by atoms with E-state index in [2.05, 4.69) is 11.8 Å². The van der Waals surface area contributed by atoms with Gasteiger partial charge in [-0.15, -0.1) is 0 Å². The maximum absolute atomic E-state index is 12.0. The number of rotatable bonds is 4. The van der Waals surface area contributed by atoms with E-state index in [0.717, 1.165) is 31.7 Å². The Morgan fingerprint density at radius 2 is 2.06 bits per heavy atom. The number of amides is 1. The van der Waals surface area contributed by atoms with E-state index in [4.69, 9.17) is 5.73 Å². The quantitative estimate of drug-likeness (QED) is 0.816. The molecule has 1 heterocycles. The number of likely N-dealkylation sites (N-methyl/N-ethyl adjacent to an activating group) is 2. The summed E-state index contributed by atoms with van der Waals surface area (Å²) in [7, 11) is 1.87. The smallest absolute Gasteiger partial charge is 0.239 e. The van der Waals surface area contributed by atoms with Crippen LogP contribution in [-0.2, 0) is 11.3 Å². The Kier molecular flexibility index (Phi) is 3.87. The van der Waals surface area contributed by atoms with Crippen LogP contribution in [-0.4, -0.2) is 41.9 Å². The molecule has 2 rings (SSSR count). The SMILES string of the molecule is CCN(Cc1ccc(N)cc1)C1CCN(C)C1=O. The normalized spacial score (nSPS) is 19.8. The summed E-state index contributed by atoms with van der Waals surface area (Å²) < 4.78 is 0. The molecule has 1 aromatic carbocycles. The number of nitrogens with zero attached hydrogens (tertiary/aromatic N) is 2. The highest BCUT2D eigenvalue weighted by Gasteiger charge is 2.33. The van der Waals surface area contributed by atoms with Crippen molar-refractivity contribution in [2.75, 3.05) is 25.9 Å². The van der Waals surface area contributed by atoms with Gasteiger partial charge in [-0.25, -0.2) is 0 Å². The molecule has 1 aromatic rings. The number of nitrogens with two attached hydrogens (primary N) is 1. The molecule has 0 saturated carbocycles. The van der Waals surface area contributed by atoms with Crippen molar-refractivity contribution in [2.45, 2.75) is 25.9 Å². The Labute approximate surface area is 108 Å². The van der Waals surface area contributed by atoms with Gasteiger partial charge in [-0.1, -0.05) is 19.1 Å². The van der Waals surface area contributed by atoms with Crippen molar-refractivity contribution in [3.63, 3.8) is 0 Å². The van der Waals surface area contributed by atoms with Gasteiger partial charge in [0.15, 0.2) is 0 Å². The first-order chi connectivity index (χ1) is 8.61. The number of carbonyl (C=O) groups excluding carboxylic acids is 1. The largest absolute Gasteiger partial charge is 0.399 e. The van der Waals surface area contributed by atoms with Gasteiger partial charge in [-0.2, -0.15) is 0 Å². The second-order valence-corrected chi connectivity index (χ2v) is 4.87. The molecule has 1 atom stereocenters. The van der Waals surface area contributed by atoms with Crippen molar-refractivity contribution in [1.82, 2.24) is 9.80 Å². The zero-order valence-electron chi connectivity index (χ0n) is 11.1. The van der Waals surface area contributed by atoms with Crippen molar-refractivity contribution in [3.8, 4) is 0 Å². The predicted molar refractivity (Wildman–Crippen MR) is 73.0 cm³/mol.